The van der Waals surface area contributed by atoms with Gasteiger partial charge in [0.2, 0.25) is 0 Å². The smallest absolute Gasteiger partial charge is 0.466 e. The van der Waals surface area contributed by atoms with Crippen molar-refractivity contribution < 1.29 is 38.3 Å². The SMILES string of the molecule is C=CC(=O)OC.O=C1CCCCCO1.O=P(O)(O)O. The number of hydrogen-bond acceptors (Lipinski definition) is 5. The molecular formula is C10H19O8P. The van der Waals surface area contributed by atoms with Gasteiger partial charge in [0.15, 0.2) is 0 Å². The molecule has 1 saturated heterocycles. The van der Waals surface area contributed by atoms with Crippen molar-refractivity contribution in [1.82, 2.24) is 0 Å². The highest BCUT2D eigenvalue weighted by Gasteiger charge is 2.05. The quantitative estimate of drug-likeness (QED) is 0.363. The fourth-order valence-corrected chi connectivity index (χ4v) is 0.890. The maximum Gasteiger partial charge on any atom is 0.466 e. The second-order valence-electron chi connectivity index (χ2n) is 3.27. The standard InChI is InChI=1S/C6H10O2.C4H6O2.H3O4P/c7-6-4-2-1-3-5-8-6;1-3-4(5)6-2;1-5(2,3)4/h1-5H2;3H,1H2,2H3;(H3,1,2,3,4). The summed E-state index contributed by atoms with van der Waals surface area (Å²) in [7, 11) is -3.33. The Morgan fingerprint density at radius 1 is 1.37 bits per heavy atom. The molecule has 0 aromatic heterocycles. The fourth-order valence-electron chi connectivity index (χ4n) is 0.890. The molecule has 1 fully saturated rings. The van der Waals surface area contributed by atoms with Crippen molar-refractivity contribution in [2.24, 2.45) is 0 Å². The Morgan fingerprint density at radius 2 is 1.89 bits per heavy atom. The van der Waals surface area contributed by atoms with Gasteiger partial charge in [-0.3, -0.25) is 4.79 Å². The summed E-state index contributed by atoms with van der Waals surface area (Å²) in [6.45, 7) is 3.79. The first kappa shape index (κ1) is 20.1. The van der Waals surface area contributed by atoms with Gasteiger partial charge < -0.3 is 24.2 Å². The largest absolute Gasteiger partial charge is 0.466 e. The van der Waals surface area contributed by atoms with Crippen LogP contribution in [0.15, 0.2) is 12.7 Å². The molecule has 0 radical (unpaired) electrons. The Morgan fingerprint density at radius 3 is 2.26 bits per heavy atom. The predicted molar refractivity (Wildman–Crippen MR) is 65.9 cm³/mol. The van der Waals surface area contributed by atoms with Crippen LogP contribution in [0.5, 0.6) is 0 Å². The minimum Gasteiger partial charge on any atom is -0.466 e. The zero-order chi connectivity index (χ0) is 15.3. The van der Waals surface area contributed by atoms with E-state index in [2.05, 4.69) is 11.3 Å². The molecule has 9 heteroatoms. The van der Waals surface area contributed by atoms with Gasteiger partial charge in [0, 0.05) is 12.5 Å². The third-order valence-corrected chi connectivity index (χ3v) is 1.66. The fraction of sp³-hybridized carbons (Fsp3) is 0.600. The Kier molecular flexibility index (Phi) is 12.6. The van der Waals surface area contributed by atoms with E-state index in [1.807, 2.05) is 0 Å². The first-order valence-corrected chi connectivity index (χ1v) is 6.91. The molecule has 0 unspecified atom stereocenters. The molecule has 0 amide bonds. The molecule has 0 saturated carbocycles. The monoisotopic (exact) mass is 298 g/mol. The third kappa shape index (κ3) is 26.4. The van der Waals surface area contributed by atoms with Crippen molar-refractivity contribution >= 4 is 19.8 Å². The van der Waals surface area contributed by atoms with E-state index in [1.54, 1.807) is 0 Å². The zero-order valence-electron chi connectivity index (χ0n) is 10.7. The van der Waals surface area contributed by atoms with E-state index in [4.69, 9.17) is 24.0 Å². The van der Waals surface area contributed by atoms with Gasteiger partial charge in [-0.05, 0) is 19.3 Å². The van der Waals surface area contributed by atoms with Crippen LogP contribution < -0.4 is 0 Å². The van der Waals surface area contributed by atoms with Gasteiger partial charge >= 0.3 is 19.8 Å². The van der Waals surface area contributed by atoms with Crippen molar-refractivity contribution in [2.75, 3.05) is 13.7 Å². The Labute approximate surface area is 111 Å². The molecule has 0 aromatic rings. The first-order chi connectivity index (χ1) is 8.70. The summed E-state index contributed by atoms with van der Waals surface area (Å²) in [5.41, 5.74) is 0. The van der Waals surface area contributed by atoms with Gasteiger partial charge in [-0.1, -0.05) is 6.58 Å². The van der Waals surface area contributed by atoms with Crippen molar-refractivity contribution in [3.8, 4) is 0 Å². The number of carbonyl (C=O) groups is 2. The third-order valence-electron chi connectivity index (χ3n) is 1.66. The average molecular weight is 298 g/mol. The van der Waals surface area contributed by atoms with Crippen LogP contribution in [0, 0.1) is 0 Å². The van der Waals surface area contributed by atoms with Crippen LogP contribution in [-0.2, 0) is 23.6 Å². The number of phosphoric acid groups is 1. The van der Waals surface area contributed by atoms with Gasteiger partial charge in [0.1, 0.15) is 0 Å². The highest BCUT2D eigenvalue weighted by molar-refractivity contribution is 7.45. The van der Waals surface area contributed by atoms with Gasteiger partial charge in [-0.15, -0.1) is 0 Å². The van der Waals surface area contributed by atoms with Crippen LogP contribution in [0.2, 0.25) is 0 Å². The van der Waals surface area contributed by atoms with Crippen LogP contribution in [0.4, 0.5) is 0 Å². The first-order valence-electron chi connectivity index (χ1n) is 5.35. The summed E-state index contributed by atoms with van der Waals surface area (Å²) >= 11 is 0. The van der Waals surface area contributed by atoms with Crippen LogP contribution in [0.1, 0.15) is 25.7 Å². The highest BCUT2D eigenvalue weighted by atomic mass is 31.2. The molecule has 3 N–H and O–H groups in total. The Balaban J connectivity index is 0. The van der Waals surface area contributed by atoms with Crippen LogP contribution in [0.25, 0.3) is 0 Å². The molecule has 1 heterocycles. The van der Waals surface area contributed by atoms with Crippen LogP contribution >= 0.6 is 7.82 Å². The lowest BCUT2D eigenvalue weighted by Gasteiger charge is -1.93. The van der Waals surface area contributed by atoms with E-state index in [0.29, 0.717) is 13.0 Å². The summed E-state index contributed by atoms with van der Waals surface area (Å²) in [5, 5.41) is 0. The predicted octanol–water partition coefficient (Wildman–Crippen LogP) is 0.520. The summed E-state index contributed by atoms with van der Waals surface area (Å²) < 4.78 is 17.8. The number of carbonyl (C=O) groups excluding carboxylic acids is 2. The molecular weight excluding hydrogens is 279 g/mol. The topological polar surface area (TPSA) is 130 Å². The van der Waals surface area contributed by atoms with Crippen molar-refractivity contribution in [2.45, 2.75) is 25.7 Å². The van der Waals surface area contributed by atoms with Crippen molar-refractivity contribution in [1.29, 1.82) is 0 Å². The summed E-state index contributed by atoms with van der Waals surface area (Å²) in [5.74, 6) is -0.419. The number of rotatable bonds is 1. The molecule has 1 aliphatic heterocycles. The molecule has 8 nitrogen and oxygen atoms in total. The van der Waals surface area contributed by atoms with Crippen LogP contribution in [0.3, 0.4) is 0 Å². The molecule has 1 rings (SSSR count). The van der Waals surface area contributed by atoms with E-state index in [0.717, 1.165) is 25.3 Å². The second-order valence-corrected chi connectivity index (χ2v) is 4.30. The van der Waals surface area contributed by atoms with Gasteiger partial charge in [0.05, 0.1) is 13.7 Å². The number of cyclic esters (lactones) is 1. The lowest BCUT2D eigenvalue weighted by atomic mass is 10.2. The van der Waals surface area contributed by atoms with E-state index in [9.17, 15) is 9.59 Å². The lowest BCUT2D eigenvalue weighted by Crippen LogP contribution is -2.00. The number of esters is 2. The maximum absolute atomic E-state index is 10.5. The highest BCUT2D eigenvalue weighted by Crippen LogP contribution is 2.25. The summed E-state index contributed by atoms with van der Waals surface area (Å²) in [6, 6.07) is 0. The Bertz CT molecular complexity index is 303. The lowest BCUT2D eigenvalue weighted by molar-refractivity contribution is -0.142. The second kappa shape index (κ2) is 11.9. The van der Waals surface area contributed by atoms with Crippen LogP contribution in [-0.4, -0.2) is 40.3 Å². The van der Waals surface area contributed by atoms with E-state index >= 15 is 0 Å². The molecule has 0 aliphatic carbocycles. The van der Waals surface area contributed by atoms with E-state index in [-0.39, 0.29) is 5.97 Å². The number of hydrogen-bond donors (Lipinski definition) is 3. The minimum absolute atomic E-state index is 0.0255. The number of ether oxygens (including phenoxy) is 2. The molecule has 0 atom stereocenters. The number of methoxy groups -OCH3 is 1. The van der Waals surface area contributed by atoms with Crippen molar-refractivity contribution in [3.63, 3.8) is 0 Å². The zero-order valence-corrected chi connectivity index (χ0v) is 11.5. The minimum atomic E-state index is -4.64. The molecule has 112 valence electrons. The van der Waals surface area contributed by atoms with Crippen molar-refractivity contribution in [3.05, 3.63) is 12.7 Å². The molecule has 0 aromatic carbocycles. The molecule has 0 bridgehead atoms. The van der Waals surface area contributed by atoms with Gasteiger partial charge in [0.25, 0.3) is 0 Å². The average Bonchev–Trinajstić information content (AvgIpc) is 2.54. The van der Waals surface area contributed by atoms with E-state index < -0.39 is 13.8 Å². The summed E-state index contributed by atoms with van der Waals surface area (Å²) in [4.78, 5) is 41.9. The van der Waals surface area contributed by atoms with E-state index in [1.165, 1.54) is 7.11 Å². The molecule has 19 heavy (non-hydrogen) atoms. The molecule has 0 spiro atoms. The van der Waals surface area contributed by atoms with Gasteiger partial charge in [-0.25, -0.2) is 9.36 Å². The maximum atomic E-state index is 10.5. The summed E-state index contributed by atoms with van der Waals surface area (Å²) in [6.07, 6.45) is 4.94. The Hall–Kier alpha value is -1.21. The van der Waals surface area contributed by atoms with Gasteiger partial charge in [-0.2, -0.15) is 0 Å². The molecule has 1 aliphatic rings. The normalized spacial score (nSPS) is 14.4.